The molecule has 0 saturated carbocycles. The summed E-state index contributed by atoms with van der Waals surface area (Å²) in [7, 11) is 1.65. The van der Waals surface area contributed by atoms with E-state index in [-0.39, 0.29) is 6.10 Å². The minimum absolute atomic E-state index is 0.0448. The van der Waals surface area contributed by atoms with Crippen molar-refractivity contribution in [3.05, 3.63) is 36.4 Å². The molecule has 76 valence electrons. The average molecular weight is 192 g/mol. The molecular formula is C12H16O2. The van der Waals surface area contributed by atoms with Crippen molar-refractivity contribution in [2.75, 3.05) is 7.11 Å². The van der Waals surface area contributed by atoms with Crippen LogP contribution in [0.25, 0.3) is 0 Å². The number of methoxy groups -OCH3 is 1. The summed E-state index contributed by atoms with van der Waals surface area (Å²) in [5, 5.41) is 0. The third-order valence-electron chi connectivity index (χ3n) is 2.07. The second-order valence-electron chi connectivity index (χ2n) is 3.28. The van der Waals surface area contributed by atoms with Crippen molar-refractivity contribution in [3.63, 3.8) is 0 Å². The fourth-order valence-corrected chi connectivity index (χ4v) is 0.959. The Morgan fingerprint density at radius 3 is 2.14 bits per heavy atom. The van der Waals surface area contributed by atoms with Crippen molar-refractivity contribution in [1.29, 1.82) is 0 Å². The van der Waals surface area contributed by atoms with Crippen LogP contribution in [0.2, 0.25) is 0 Å². The van der Waals surface area contributed by atoms with Gasteiger partial charge < -0.3 is 9.47 Å². The molecule has 2 nitrogen and oxygen atoms in total. The fourth-order valence-electron chi connectivity index (χ4n) is 0.959. The molecule has 0 bridgehead atoms. The molecule has 0 amide bonds. The second kappa shape index (κ2) is 4.70. The molecule has 0 aliphatic heterocycles. The maximum absolute atomic E-state index is 5.62. The first kappa shape index (κ1) is 10.6. The van der Waals surface area contributed by atoms with E-state index in [2.05, 4.69) is 6.58 Å². The van der Waals surface area contributed by atoms with Gasteiger partial charge in [-0.25, -0.2) is 0 Å². The van der Waals surface area contributed by atoms with Crippen molar-refractivity contribution >= 4 is 0 Å². The van der Waals surface area contributed by atoms with E-state index in [1.54, 1.807) is 7.11 Å². The van der Waals surface area contributed by atoms with E-state index in [1.165, 1.54) is 0 Å². The highest BCUT2D eigenvalue weighted by Gasteiger charge is 2.03. The van der Waals surface area contributed by atoms with Crippen LogP contribution in [-0.2, 0) is 0 Å². The van der Waals surface area contributed by atoms with Crippen LogP contribution < -0.4 is 9.47 Å². The summed E-state index contributed by atoms with van der Waals surface area (Å²) in [6.45, 7) is 7.77. The molecule has 2 heteroatoms. The Bertz CT molecular complexity index is 301. The van der Waals surface area contributed by atoms with Crippen molar-refractivity contribution in [1.82, 2.24) is 0 Å². The molecule has 0 fully saturated rings. The molecule has 1 aromatic rings. The molecule has 1 atom stereocenters. The lowest BCUT2D eigenvalue weighted by Gasteiger charge is -2.14. The van der Waals surface area contributed by atoms with Crippen LogP contribution in [-0.4, -0.2) is 13.2 Å². The first-order chi connectivity index (χ1) is 6.63. The molecule has 0 heterocycles. The lowest BCUT2D eigenvalue weighted by molar-refractivity contribution is 0.257. The predicted octanol–water partition coefficient (Wildman–Crippen LogP) is 3.04. The van der Waals surface area contributed by atoms with Crippen molar-refractivity contribution in [2.45, 2.75) is 20.0 Å². The van der Waals surface area contributed by atoms with E-state index in [4.69, 9.17) is 9.47 Å². The van der Waals surface area contributed by atoms with Crippen LogP contribution in [0.15, 0.2) is 36.4 Å². The Kier molecular flexibility index (Phi) is 3.57. The van der Waals surface area contributed by atoms with Gasteiger partial charge in [-0.2, -0.15) is 0 Å². The summed E-state index contributed by atoms with van der Waals surface area (Å²) in [6.07, 6.45) is 0.0448. The van der Waals surface area contributed by atoms with Crippen molar-refractivity contribution in [3.8, 4) is 11.5 Å². The van der Waals surface area contributed by atoms with Gasteiger partial charge in [-0.1, -0.05) is 6.58 Å². The van der Waals surface area contributed by atoms with E-state index in [0.29, 0.717) is 0 Å². The fraction of sp³-hybridized carbons (Fsp3) is 0.333. The smallest absolute Gasteiger partial charge is 0.120 e. The zero-order valence-corrected chi connectivity index (χ0v) is 8.91. The summed E-state index contributed by atoms with van der Waals surface area (Å²) in [5.74, 6) is 1.67. The van der Waals surface area contributed by atoms with Gasteiger partial charge in [0.2, 0.25) is 0 Å². The van der Waals surface area contributed by atoms with E-state index in [9.17, 15) is 0 Å². The maximum atomic E-state index is 5.62. The lowest BCUT2D eigenvalue weighted by Crippen LogP contribution is -2.12. The van der Waals surface area contributed by atoms with Gasteiger partial charge >= 0.3 is 0 Å². The van der Waals surface area contributed by atoms with Gasteiger partial charge in [0.05, 0.1) is 7.11 Å². The van der Waals surface area contributed by atoms with E-state index < -0.39 is 0 Å². The monoisotopic (exact) mass is 192 g/mol. The molecule has 0 aliphatic rings. The van der Waals surface area contributed by atoms with Gasteiger partial charge in [-0.3, -0.25) is 0 Å². The largest absolute Gasteiger partial charge is 0.497 e. The van der Waals surface area contributed by atoms with Crippen molar-refractivity contribution < 1.29 is 9.47 Å². The van der Waals surface area contributed by atoms with Gasteiger partial charge in [-0.05, 0) is 43.7 Å². The molecular weight excluding hydrogens is 176 g/mol. The van der Waals surface area contributed by atoms with Gasteiger partial charge in [0.1, 0.15) is 17.6 Å². The summed E-state index contributed by atoms with van der Waals surface area (Å²) in [6, 6.07) is 7.53. The summed E-state index contributed by atoms with van der Waals surface area (Å²) < 4.78 is 10.7. The van der Waals surface area contributed by atoms with Crippen LogP contribution in [0.3, 0.4) is 0 Å². The Hall–Kier alpha value is -1.44. The molecule has 14 heavy (non-hydrogen) atoms. The van der Waals surface area contributed by atoms with Gasteiger partial charge in [-0.15, -0.1) is 0 Å². The topological polar surface area (TPSA) is 18.5 Å². The van der Waals surface area contributed by atoms with Crippen molar-refractivity contribution in [2.24, 2.45) is 0 Å². The highest BCUT2D eigenvalue weighted by molar-refractivity contribution is 5.31. The number of rotatable bonds is 4. The number of hydrogen-bond donors (Lipinski definition) is 0. The van der Waals surface area contributed by atoms with Crippen LogP contribution >= 0.6 is 0 Å². The Morgan fingerprint density at radius 1 is 1.21 bits per heavy atom. The minimum atomic E-state index is 0.0448. The SMILES string of the molecule is C=C(C)[C@@H](C)Oc1ccc(OC)cc1. The van der Waals surface area contributed by atoms with Gasteiger partial charge in [0, 0.05) is 0 Å². The molecule has 1 aromatic carbocycles. The van der Waals surface area contributed by atoms with Crippen LogP contribution in [0, 0.1) is 0 Å². The molecule has 0 aliphatic carbocycles. The predicted molar refractivity (Wildman–Crippen MR) is 57.9 cm³/mol. The van der Waals surface area contributed by atoms with E-state index >= 15 is 0 Å². The third-order valence-corrected chi connectivity index (χ3v) is 2.07. The average Bonchev–Trinajstić information content (AvgIpc) is 2.19. The number of hydrogen-bond acceptors (Lipinski definition) is 2. The standard InChI is InChI=1S/C12H16O2/c1-9(2)10(3)14-12-7-5-11(13-4)6-8-12/h5-8,10H,1H2,2-4H3/t10-/m1/s1. The molecule has 0 N–H and O–H groups in total. The summed E-state index contributed by atoms with van der Waals surface area (Å²) in [5.41, 5.74) is 1.01. The maximum Gasteiger partial charge on any atom is 0.120 e. The van der Waals surface area contributed by atoms with Crippen LogP contribution in [0.1, 0.15) is 13.8 Å². The number of ether oxygens (including phenoxy) is 2. The molecule has 0 radical (unpaired) electrons. The third kappa shape index (κ3) is 2.80. The van der Waals surface area contributed by atoms with Gasteiger partial charge in [0.25, 0.3) is 0 Å². The molecule has 1 rings (SSSR count). The number of benzene rings is 1. The summed E-state index contributed by atoms with van der Waals surface area (Å²) in [4.78, 5) is 0. The first-order valence-corrected chi connectivity index (χ1v) is 4.59. The second-order valence-corrected chi connectivity index (χ2v) is 3.28. The molecule has 0 aromatic heterocycles. The molecule has 0 spiro atoms. The molecule has 0 saturated heterocycles. The van der Waals surface area contributed by atoms with E-state index in [1.807, 2.05) is 38.1 Å². The Morgan fingerprint density at radius 2 is 1.71 bits per heavy atom. The highest BCUT2D eigenvalue weighted by Crippen LogP contribution is 2.19. The minimum Gasteiger partial charge on any atom is -0.497 e. The Balaban J connectivity index is 2.64. The zero-order valence-electron chi connectivity index (χ0n) is 8.91. The van der Waals surface area contributed by atoms with E-state index in [0.717, 1.165) is 17.1 Å². The quantitative estimate of drug-likeness (QED) is 0.683. The lowest BCUT2D eigenvalue weighted by atomic mass is 10.2. The van der Waals surface area contributed by atoms with Crippen LogP contribution in [0.5, 0.6) is 11.5 Å². The Labute approximate surface area is 85.2 Å². The first-order valence-electron chi connectivity index (χ1n) is 4.59. The zero-order chi connectivity index (χ0) is 10.6. The van der Waals surface area contributed by atoms with Crippen LogP contribution in [0.4, 0.5) is 0 Å². The molecule has 0 unspecified atom stereocenters. The summed E-state index contributed by atoms with van der Waals surface area (Å²) >= 11 is 0. The van der Waals surface area contributed by atoms with Gasteiger partial charge in [0.15, 0.2) is 0 Å². The highest BCUT2D eigenvalue weighted by atomic mass is 16.5. The normalized spacial score (nSPS) is 11.9.